The summed E-state index contributed by atoms with van der Waals surface area (Å²) in [7, 11) is 0. The molecule has 2 unspecified atom stereocenters. The van der Waals surface area contributed by atoms with Crippen molar-refractivity contribution in [2.45, 2.75) is 63.6 Å². The molecule has 2 heterocycles. The van der Waals surface area contributed by atoms with E-state index in [1.165, 1.54) is 17.6 Å². The maximum absolute atomic E-state index is 12.5. The molecule has 2 amide bonds. The van der Waals surface area contributed by atoms with Crippen molar-refractivity contribution in [3.63, 3.8) is 0 Å². The molecule has 0 spiro atoms. The Kier molecular flexibility index (Phi) is 4.01. The molecule has 7 heteroatoms. The molecule has 2 aliphatic rings. The molecular weight excluding hydrogens is 270 g/mol. The van der Waals surface area contributed by atoms with Crippen molar-refractivity contribution in [1.82, 2.24) is 25.4 Å². The van der Waals surface area contributed by atoms with Crippen molar-refractivity contribution < 1.29 is 9.59 Å². The third-order valence-electron chi connectivity index (χ3n) is 4.42. The van der Waals surface area contributed by atoms with Crippen LogP contribution in [-0.2, 0) is 9.59 Å². The largest absolute Gasteiger partial charge is 0.296 e. The third kappa shape index (κ3) is 2.83. The van der Waals surface area contributed by atoms with Crippen LogP contribution in [-0.4, -0.2) is 44.0 Å². The molecule has 21 heavy (non-hydrogen) atoms. The van der Waals surface area contributed by atoms with Gasteiger partial charge in [0.1, 0.15) is 12.2 Å². The molecule has 1 saturated carbocycles. The van der Waals surface area contributed by atoms with Crippen molar-refractivity contribution in [3.05, 3.63) is 12.2 Å². The molecule has 2 atom stereocenters. The lowest BCUT2D eigenvalue weighted by Gasteiger charge is -2.29. The molecule has 2 N–H and O–H groups in total. The van der Waals surface area contributed by atoms with E-state index >= 15 is 0 Å². The third-order valence-corrected chi connectivity index (χ3v) is 4.42. The van der Waals surface area contributed by atoms with Crippen LogP contribution in [0.15, 0.2) is 6.33 Å². The molecule has 1 aliphatic carbocycles. The Hall–Kier alpha value is -1.76. The van der Waals surface area contributed by atoms with Gasteiger partial charge in [-0.05, 0) is 19.8 Å². The Balaban J connectivity index is 1.65. The number of likely N-dealkylation sites (tertiary alicyclic amines) is 1. The number of hydrogen-bond donors (Lipinski definition) is 2. The molecule has 0 aromatic carbocycles. The molecule has 1 saturated heterocycles. The van der Waals surface area contributed by atoms with Crippen LogP contribution in [0, 0.1) is 0 Å². The first-order valence-electron chi connectivity index (χ1n) is 7.64. The van der Waals surface area contributed by atoms with Gasteiger partial charge in [0.2, 0.25) is 11.8 Å². The Morgan fingerprint density at radius 2 is 2.10 bits per heavy atom. The average molecular weight is 291 g/mol. The maximum Gasteiger partial charge on any atom is 0.247 e. The van der Waals surface area contributed by atoms with Gasteiger partial charge in [-0.1, -0.05) is 19.3 Å². The Morgan fingerprint density at radius 3 is 2.76 bits per heavy atom. The van der Waals surface area contributed by atoms with Crippen molar-refractivity contribution in [3.8, 4) is 0 Å². The lowest BCUT2D eigenvalue weighted by Crippen LogP contribution is -2.45. The summed E-state index contributed by atoms with van der Waals surface area (Å²) in [5.41, 5.74) is 0. The maximum atomic E-state index is 12.5. The van der Waals surface area contributed by atoms with E-state index < -0.39 is 6.04 Å². The van der Waals surface area contributed by atoms with Crippen LogP contribution in [0.25, 0.3) is 0 Å². The summed E-state index contributed by atoms with van der Waals surface area (Å²) in [6.45, 7) is 1.90. The van der Waals surface area contributed by atoms with Crippen LogP contribution in [0.1, 0.15) is 57.3 Å². The Labute approximate surface area is 123 Å². The number of aromatic nitrogens is 3. The van der Waals surface area contributed by atoms with Gasteiger partial charge < -0.3 is 0 Å². The van der Waals surface area contributed by atoms with Crippen molar-refractivity contribution >= 4 is 11.8 Å². The van der Waals surface area contributed by atoms with Gasteiger partial charge in [-0.3, -0.25) is 24.9 Å². The number of carbonyl (C=O) groups excluding carboxylic acids is 2. The fraction of sp³-hybridized carbons (Fsp3) is 0.714. The normalized spacial score (nSPS) is 25.6. The summed E-state index contributed by atoms with van der Waals surface area (Å²) in [5.74, 6) is 0.541. The number of amides is 2. The minimum atomic E-state index is -0.445. The predicted molar refractivity (Wildman–Crippen MR) is 75.1 cm³/mol. The predicted octanol–water partition coefficient (Wildman–Crippen LogP) is 0.915. The Morgan fingerprint density at radius 1 is 1.33 bits per heavy atom. The zero-order valence-electron chi connectivity index (χ0n) is 12.2. The molecule has 1 aliphatic heterocycles. The molecule has 0 radical (unpaired) electrons. The highest BCUT2D eigenvalue weighted by molar-refractivity contribution is 6.05. The summed E-state index contributed by atoms with van der Waals surface area (Å²) in [6, 6.07) is -0.480. The molecule has 2 fully saturated rings. The molecule has 3 rings (SSSR count). The lowest BCUT2D eigenvalue weighted by molar-refractivity contribution is -0.142. The number of carbonyl (C=O) groups is 2. The highest BCUT2D eigenvalue weighted by atomic mass is 16.2. The molecular formula is C14H21N5O2. The minimum Gasteiger partial charge on any atom is -0.296 e. The van der Waals surface area contributed by atoms with E-state index in [9.17, 15) is 9.59 Å². The standard InChI is InChI=1S/C14H21N5O2/c1-9(13-15-8-16-18-13)17-11-7-12(20)19(14(11)21)10-5-3-2-4-6-10/h8-11,17H,2-7H2,1H3,(H,15,16,18). The van der Waals surface area contributed by atoms with Crippen molar-refractivity contribution in [1.29, 1.82) is 0 Å². The van der Waals surface area contributed by atoms with E-state index in [1.807, 2.05) is 6.92 Å². The van der Waals surface area contributed by atoms with Gasteiger partial charge in [0.25, 0.3) is 0 Å². The Bertz CT molecular complexity index is 509. The van der Waals surface area contributed by atoms with Crippen LogP contribution >= 0.6 is 0 Å². The molecule has 7 nitrogen and oxygen atoms in total. The number of rotatable bonds is 4. The summed E-state index contributed by atoms with van der Waals surface area (Å²) in [4.78, 5) is 30.3. The van der Waals surface area contributed by atoms with E-state index in [0.717, 1.165) is 25.7 Å². The smallest absolute Gasteiger partial charge is 0.247 e. The van der Waals surface area contributed by atoms with Crippen LogP contribution < -0.4 is 5.32 Å². The fourth-order valence-electron chi connectivity index (χ4n) is 3.31. The summed E-state index contributed by atoms with van der Waals surface area (Å²) in [5, 5.41) is 9.76. The highest BCUT2D eigenvalue weighted by Crippen LogP contribution is 2.27. The topological polar surface area (TPSA) is 91.0 Å². The van der Waals surface area contributed by atoms with Crippen LogP contribution in [0.5, 0.6) is 0 Å². The van der Waals surface area contributed by atoms with E-state index in [1.54, 1.807) is 0 Å². The molecule has 0 bridgehead atoms. The van der Waals surface area contributed by atoms with Gasteiger partial charge in [-0.2, -0.15) is 5.10 Å². The van der Waals surface area contributed by atoms with Crippen LogP contribution in [0.3, 0.4) is 0 Å². The first kappa shape index (κ1) is 14.2. The van der Waals surface area contributed by atoms with Gasteiger partial charge in [0.05, 0.1) is 18.5 Å². The second kappa shape index (κ2) is 5.93. The molecule has 114 valence electrons. The van der Waals surface area contributed by atoms with Gasteiger partial charge in [-0.25, -0.2) is 4.98 Å². The van der Waals surface area contributed by atoms with E-state index in [2.05, 4.69) is 20.5 Å². The first-order valence-corrected chi connectivity index (χ1v) is 7.64. The van der Waals surface area contributed by atoms with Gasteiger partial charge >= 0.3 is 0 Å². The molecule has 1 aromatic rings. The second-order valence-corrected chi connectivity index (χ2v) is 5.91. The van der Waals surface area contributed by atoms with Crippen LogP contribution in [0.2, 0.25) is 0 Å². The second-order valence-electron chi connectivity index (χ2n) is 5.91. The van der Waals surface area contributed by atoms with E-state index in [0.29, 0.717) is 5.82 Å². The number of aromatic amines is 1. The quantitative estimate of drug-likeness (QED) is 0.805. The van der Waals surface area contributed by atoms with E-state index in [-0.39, 0.29) is 30.3 Å². The zero-order chi connectivity index (χ0) is 14.8. The van der Waals surface area contributed by atoms with Crippen molar-refractivity contribution in [2.24, 2.45) is 0 Å². The average Bonchev–Trinajstić information content (AvgIpc) is 3.09. The van der Waals surface area contributed by atoms with Gasteiger partial charge in [0, 0.05) is 6.04 Å². The van der Waals surface area contributed by atoms with E-state index in [4.69, 9.17) is 0 Å². The minimum absolute atomic E-state index is 0.0471. The number of hydrogen-bond acceptors (Lipinski definition) is 5. The van der Waals surface area contributed by atoms with Gasteiger partial charge in [0.15, 0.2) is 0 Å². The molecule has 1 aromatic heterocycles. The van der Waals surface area contributed by atoms with Gasteiger partial charge in [-0.15, -0.1) is 0 Å². The number of imide groups is 1. The first-order chi connectivity index (χ1) is 10.2. The summed E-state index contributed by atoms with van der Waals surface area (Å²) < 4.78 is 0. The summed E-state index contributed by atoms with van der Waals surface area (Å²) >= 11 is 0. The monoisotopic (exact) mass is 291 g/mol. The lowest BCUT2D eigenvalue weighted by atomic mass is 9.94. The fourth-order valence-corrected chi connectivity index (χ4v) is 3.31. The van der Waals surface area contributed by atoms with Crippen LogP contribution in [0.4, 0.5) is 0 Å². The number of nitrogens with one attached hydrogen (secondary N) is 2. The number of H-pyrrole nitrogens is 1. The highest BCUT2D eigenvalue weighted by Gasteiger charge is 2.42. The van der Waals surface area contributed by atoms with Crippen molar-refractivity contribution in [2.75, 3.05) is 0 Å². The number of nitrogens with zero attached hydrogens (tertiary/aromatic N) is 3. The SMILES string of the molecule is CC(NC1CC(=O)N(C2CCCCC2)C1=O)c1ncn[nH]1. The zero-order valence-corrected chi connectivity index (χ0v) is 12.2. The summed E-state index contributed by atoms with van der Waals surface area (Å²) in [6.07, 6.45) is 6.99.